The zero-order valence-corrected chi connectivity index (χ0v) is 12.5. The predicted molar refractivity (Wildman–Crippen MR) is 84.1 cm³/mol. The highest BCUT2D eigenvalue weighted by atomic mass is 14.6. The molecule has 102 valence electrons. The van der Waals surface area contributed by atoms with E-state index in [0.717, 1.165) is 6.42 Å². The third-order valence-electron chi connectivity index (χ3n) is 4.29. The van der Waals surface area contributed by atoms with Crippen LogP contribution >= 0.6 is 0 Å². The normalized spacial score (nSPS) is 15.4. The van der Waals surface area contributed by atoms with Crippen molar-refractivity contribution in [2.24, 2.45) is 17.1 Å². The maximum atomic E-state index is 6.38. The van der Waals surface area contributed by atoms with Crippen molar-refractivity contribution in [3.05, 3.63) is 48.0 Å². The lowest BCUT2D eigenvalue weighted by atomic mass is 9.77. The Kier molecular flexibility index (Phi) is 3.96. The molecule has 1 nitrogen and oxygen atoms in total. The van der Waals surface area contributed by atoms with Crippen LogP contribution in [0.25, 0.3) is 10.8 Å². The summed E-state index contributed by atoms with van der Waals surface area (Å²) in [5, 5.41) is 2.56. The van der Waals surface area contributed by atoms with Crippen LogP contribution in [0.4, 0.5) is 0 Å². The minimum Gasteiger partial charge on any atom is -0.324 e. The number of rotatable bonds is 3. The van der Waals surface area contributed by atoms with Crippen LogP contribution in [0.1, 0.15) is 45.7 Å². The van der Waals surface area contributed by atoms with E-state index in [0.29, 0.717) is 11.3 Å². The third-order valence-corrected chi connectivity index (χ3v) is 4.29. The summed E-state index contributed by atoms with van der Waals surface area (Å²) in [6, 6.07) is 15.1. The smallest absolute Gasteiger partial charge is 0.0297 e. The highest BCUT2D eigenvalue weighted by Crippen LogP contribution is 2.32. The largest absolute Gasteiger partial charge is 0.324 e. The Morgan fingerprint density at radius 2 is 1.63 bits per heavy atom. The second-order valence-corrected chi connectivity index (χ2v) is 6.72. The summed E-state index contributed by atoms with van der Waals surface area (Å²) in [7, 11) is 0. The standard InChI is InChI=1S/C18H25N/c1-13(18(2,3)4)11-17(19)16-10-9-14-7-5-6-8-15(14)12-16/h5-10,12-13,17H,11,19H2,1-4H3. The Labute approximate surface area is 116 Å². The summed E-state index contributed by atoms with van der Waals surface area (Å²) in [5.41, 5.74) is 7.94. The summed E-state index contributed by atoms with van der Waals surface area (Å²) in [6.07, 6.45) is 1.03. The van der Waals surface area contributed by atoms with Gasteiger partial charge < -0.3 is 5.73 Å². The molecule has 0 radical (unpaired) electrons. The third kappa shape index (κ3) is 3.36. The molecule has 19 heavy (non-hydrogen) atoms. The zero-order valence-electron chi connectivity index (χ0n) is 12.5. The molecule has 2 unspecified atom stereocenters. The van der Waals surface area contributed by atoms with Crippen molar-refractivity contribution in [1.82, 2.24) is 0 Å². The van der Waals surface area contributed by atoms with E-state index >= 15 is 0 Å². The molecule has 0 aliphatic carbocycles. The van der Waals surface area contributed by atoms with E-state index in [4.69, 9.17) is 5.73 Å². The van der Waals surface area contributed by atoms with Crippen LogP contribution < -0.4 is 5.73 Å². The molecule has 0 aliphatic heterocycles. The average molecular weight is 255 g/mol. The maximum Gasteiger partial charge on any atom is 0.0297 e. The fraction of sp³-hybridized carbons (Fsp3) is 0.444. The predicted octanol–water partition coefficient (Wildman–Crippen LogP) is 4.91. The lowest BCUT2D eigenvalue weighted by molar-refractivity contribution is 0.234. The van der Waals surface area contributed by atoms with Gasteiger partial charge in [0.05, 0.1) is 0 Å². The summed E-state index contributed by atoms with van der Waals surface area (Å²) >= 11 is 0. The first-order valence-corrected chi connectivity index (χ1v) is 7.12. The summed E-state index contributed by atoms with van der Waals surface area (Å²) in [6.45, 7) is 9.14. The molecular formula is C18H25N. The van der Waals surface area contributed by atoms with Crippen molar-refractivity contribution >= 4 is 10.8 Å². The van der Waals surface area contributed by atoms with Gasteiger partial charge in [-0.2, -0.15) is 0 Å². The molecular weight excluding hydrogens is 230 g/mol. The van der Waals surface area contributed by atoms with Crippen LogP contribution in [-0.2, 0) is 0 Å². The quantitative estimate of drug-likeness (QED) is 0.828. The molecule has 0 saturated carbocycles. The first-order valence-electron chi connectivity index (χ1n) is 7.12. The lowest BCUT2D eigenvalue weighted by Gasteiger charge is -2.29. The molecule has 2 aromatic rings. The minimum absolute atomic E-state index is 0.124. The lowest BCUT2D eigenvalue weighted by Crippen LogP contribution is -2.23. The van der Waals surface area contributed by atoms with E-state index in [2.05, 4.69) is 70.2 Å². The molecule has 0 spiro atoms. The van der Waals surface area contributed by atoms with Gasteiger partial charge in [0.15, 0.2) is 0 Å². The van der Waals surface area contributed by atoms with Crippen molar-refractivity contribution in [2.45, 2.75) is 40.2 Å². The van der Waals surface area contributed by atoms with Gasteiger partial charge >= 0.3 is 0 Å². The van der Waals surface area contributed by atoms with Gasteiger partial charge in [-0.05, 0) is 40.2 Å². The second kappa shape index (κ2) is 5.34. The van der Waals surface area contributed by atoms with Crippen molar-refractivity contribution < 1.29 is 0 Å². The molecule has 2 aromatic carbocycles. The number of hydrogen-bond acceptors (Lipinski definition) is 1. The van der Waals surface area contributed by atoms with Crippen LogP contribution in [0, 0.1) is 11.3 Å². The number of fused-ring (bicyclic) bond motifs is 1. The van der Waals surface area contributed by atoms with Crippen LogP contribution in [0.5, 0.6) is 0 Å². The molecule has 2 atom stereocenters. The Balaban J connectivity index is 2.19. The van der Waals surface area contributed by atoms with Gasteiger partial charge in [-0.1, -0.05) is 64.1 Å². The van der Waals surface area contributed by atoms with E-state index in [1.54, 1.807) is 0 Å². The monoisotopic (exact) mass is 255 g/mol. The summed E-state index contributed by atoms with van der Waals surface area (Å²) in [4.78, 5) is 0. The van der Waals surface area contributed by atoms with Gasteiger partial charge in [-0.3, -0.25) is 0 Å². The van der Waals surface area contributed by atoms with Crippen molar-refractivity contribution in [1.29, 1.82) is 0 Å². The molecule has 2 N–H and O–H groups in total. The SMILES string of the molecule is CC(CC(N)c1ccc2ccccc2c1)C(C)(C)C. The summed E-state index contributed by atoms with van der Waals surface area (Å²) in [5.74, 6) is 0.606. The Morgan fingerprint density at radius 1 is 1.00 bits per heavy atom. The van der Waals surface area contributed by atoms with Crippen molar-refractivity contribution in [3.8, 4) is 0 Å². The molecule has 1 heteroatoms. The van der Waals surface area contributed by atoms with E-state index in [9.17, 15) is 0 Å². The fourth-order valence-electron chi connectivity index (χ4n) is 2.31. The molecule has 0 amide bonds. The van der Waals surface area contributed by atoms with Crippen molar-refractivity contribution in [3.63, 3.8) is 0 Å². The van der Waals surface area contributed by atoms with Crippen molar-refractivity contribution in [2.75, 3.05) is 0 Å². The second-order valence-electron chi connectivity index (χ2n) is 6.72. The van der Waals surface area contributed by atoms with Crippen LogP contribution in [0.15, 0.2) is 42.5 Å². The number of hydrogen-bond donors (Lipinski definition) is 1. The molecule has 0 aromatic heterocycles. The minimum atomic E-state index is 0.124. The van der Waals surface area contributed by atoms with Crippen LogP contribution in [0.3, 0.4) is 0 Å². The Hall–Kier alpha value is -1.34. The number of nitrogens with two attached hydrogens (primary N) is 1. The Morgan fingerprint density at radius 3 is 2.26 bits per heavy atom. The molecule has 0 aliphatic rings. The van der Waals surface area contributed by atoms with E-state index in [1.807, 2.05) is 0 Å². The topological polar surface area (TPSA) is 26.0 Å². The fourth-order valence-corrected chi connectivity index (χ4v) is 2.31. The van der Waals surface area contributed by atoms with E-state index in [1.165, 1.54) is 16.3 Å². The van der Waals surface area contributed by atoms with Gasteiger partial charge in [0.25, 0.3) is 0 Å². The van der Waals surface area contributed by atoms with Crippen LogP contribution in [-0.4, -0.2) is 0 Å². The first kappa shape index (κ1) is 14.1. The zero-order chi connectivity index (χ0) is 14.0. The first-order chi connectivity index (χ1) is 8.88. The molecule has 2 rings (SSSR count). The average Bonchev–Trinajstić information content (AvgIpc) is 2.37. The molecule has 0 saturated heterocycles. The highest BCUT2D eigenvalue weighted by Gasteiger charge is 2.22. The summed E-state index contributed by atoms with van der Waals surface area (Å²) < 4.78 is 0. The highest BCUT2D eigenvalue weighted by molar-refractivity contribution is 5.83. The van der Waals surface area contributed by atoms with E-state index in [-0.39, 0.29) is 6.04 Å². The molecule has 0 heterocycles. The van der Waals surface area contributed by atoms with Gasteiger partial charge in [0, 0.05) is 6.04 Å². The molecule has 0 bridgehead atoms. The molecule has 0 fully saturated rings. The van der Waals surface area contributed by atoms with Crippen LogP contribution in [0.2, 0.25) is 0 Å². The number of benzene rings is 2. The van der Waals surface area contributed by atoms with E-state index < -0.39 is 0 Å². The Bertz CT molecular complexity index is 551. The van der Waals surface area contributed by atoms with Gasteiger partial charge in [0.2, 0.25) is 0 Å². The maximum absolute atomic E-state index is 6.38. The van der Waals surface area contributed by atoms with Gasteiger partial charge in [-0.25, -0.2) is 0 Å². The van der Waals surface area contributed by atoms with Gasteiger partial charge in [0.1, 0.15) is 0 Å². The van der Waals surface area contributed by atoms with Gasteiger partial charge in [-0.15, -0.1) is 0 Å².